The second-order valence-corrected chi connectivity index (χ2v) is 5.12. The van der Waals surface area contributed by atoms with Gasteiger partial charge in [-0.05, 0) is 13.0 Å². The Morgan fingerprint density at radius 1 is 1.18 bits per heavy atom. The van der Waals surface area contributed by atoms with Crippen LogP contribution in [0.2, 0.25) is 0 Å². The monoisotopic (exact) mass is 304 g/mol. The van der Waals surface area contributed by atoms with Gasteiger partial charge >= 0.3 is 0 Å². The molecule has 6 nitrogen and oxygen atoms in total. The van der Waals surface area contributed by atoms with Gasteiger partial charge in [-0.25, -0.2) is 0 Å². The number of carbonyl (C=O) groups excluding carboxylic acids is 1. The van der Waals surface area contributed by atoms with E-state index in [2.05, 4.69) is 0 Å². The number of phenols is 2. The summed E-state index contributed by atoms with van der Waals surface area (Å²) in [5, 5.41) is 21.7. The van der Waals surface area contributed by atoms with Gasteiger partial charge in [-0.3, -0.25) is 4.79 Å². The molecule has 2 aromatic rings. The lowest BCUT2D eigenvalue weighted by atomic mass is 9.91. The molecule has 2 N–H and O–H groups in total. The highest BCUT2D eigenvalue weighted by Gasteiger charge is 2.33. The highest BCUT2D eigenvalue weighted by Crippen LogP contribution is 2.47. The molecular formula is C16H16O6. The third-order valence-corrected chi connectivity index (χ3v) is 3.94. The van der Waals surface area contributed by atoms with Crippen molar-refractivity contribution < 1.29 is 29.2 Å². The van der Waals surface area contributed by atoms with Gasteiger partial charge in [0.1, 0.15) is 29.1 Å². The number of fused-ring (bicyclic) bond motifs is 2. The maximum absolute atomic E-state index is 12.3. The van der Waals surface area contributed by atoms with Gasteiger partial charge in [0.2, 0.25) is 0 Å². The summed E-state index contributed by atoms with van der Waals surface area (Å²) in [5.41, 5.74) is 0.371. The van der Waals surface area contributed by atoms with E-state index in [1.54, 1.807) is 19.1 Å². The number of rotatable bonds is 2. The molecule has 0 bridgehead atoms. The van der Waals surface area contributed by atoms with E-state index in [0.29, 0.717) is 22.3 Å². The Morgan fingerprint density at radius 2 is 1.91 bits per heavy atom. The van der Waals surface area contributed by atoms with Crippen LogP contribution in [0.4, 0.5) is 0 Å². The van der Waals surface area contributed by atoms with Crippen molar-refractivity contribution in [3.05, 3.63) is 23.3 Å². The average Bonchev–Trinajstić information content (AvgIpc) is 2.53. The number of hydrogen-bond acceptors (Lipinski definition) is 6. The molecule has 0 saturated heterocycles. The van der Waals surface area contributed by atoms with Crippen molar-refractivity contribution in [1.29, 1.82) is 0 Å². The number of ether oxygens (including phenoxy) is 3. The summed E-state index contributed by atoms with van der Waals surface area (Å²) in [5.74, 6) is 0.114. The molecular weight excluding hydrogens is 288 g/mol. The van der Waals surface area contributed by atoms with Gasteiger partial charge in [0, 0.05) is 17.0 Å². The van der Waals surface area contributed by atoms with Crippen LogP contribution < -0.4 is 9.47 Å². The number of benzene rings is 2. The lowest BCUT2D eigenvalue weighted by Crippen LogP contribution is -2.27. The van der Waals surface area contributed by atoms with Gasteiger partial charge in [-0.15, -0.1) is 0 Å². The van der Waals surface area contributed by atoms with Gasteiger partial charge in [0.05, 0.1) is 31.8 Å². The van der Waals surface area contributed by atoms with Crippen LogP contribution >= 0.6 is 0 Å². The molecule has 0 amide bonds. The fourth-order valence-electron chi connectivity index (χ4n) is 2.74. The zero-order valence-corrected chi connectivity index (χ0v) is 12.5. The molecule has 2 aromatic carbocycles. The minimum atomic E-state index is -0.664. The Labute approximate surface area is 126 Å². The molecule has 3 rings (SSSR count). The molecule has 22 heavy (non-hydrogen) atoms. The van der Waals surface area contributed by atoms with E-state index < -0.39 is 6.10 Å². The lowest BCUT2D eigenvalue weighted by Gasteiger charge is -2.24. The van der Waals surface area contributed by atoms with Gasteiger partial charge in [-0.1, -0.05) is 0 Å². The predicted octanol–water partition coefficient (Wildman–Crippen LogP) is 2.37. The van der Waals surface area contributed by atoms with Crippen LogP contribution in [0.25, 0.3) is 10.8 Å². The minimum absolute atomic E-state index is 0.0484. The number of Topliss-reactive ketones (excluding diaryl/α,β-unsaturated/α-hetero) is 1. The predicted molar refractivity (Wildman–Crippen MR) is 79.0 cm³/mol. The number of hydrogen-bond donors (Lipinski definition) is 2. The molecule has 0 aromatic heterocycles. The number of carbonyl (C=O) groups is 1. The average molecular weight is 304 g/mol. The Morgan fingerprint density at radius 3 is 2.55 bits per heavy atom. The van der Waals surface area contributed by atoms with Crippen molar-refractivity contribution in [1.82, 2.24) is 0 Å². The number of phenolic OH excluding ortho intramolecular Hbond substituents is 2. The first-order valence-corrected chi connectivity index (χ1v) is 6.77. The van der Waals surface area contributed by atoms with Gasteiger partial charge < -0.3 is 24.4 Å². The van der Waals surface area contributed by atoms with Crippen LogP contribution in [-0.4, -0.2) is 36.3 Å². The topological polar surface area (TPSA) is 85.2 Å². The third kappa shape index (κ3) is 1.88. The molecule has 0 spiro atoms. The van der Waals surface area contributed by atoms with Gasteiger partial charge in [0.25, 0.3) is 0 Å². The van der Waals surface area contributed by atoms with Gasteiger partial charge in [0.15, 0.2) is 5.78 Å². The van der Waals surface area contributed by atoms with Crippen LogP contribution in [0.5, 0.6) is 23.0 Å². The second kappa shape index (κ2) is 5.06. The third-order valence-electron chi connectivity index (χ3n) is 3.94. The van der Waals surface area contributed by atoms with E-state index in [4.69, 9.17) is 14.2 Å². The normalized spacial score (nSPS) is 17.4. The minimum Gasteiger partial charge on any atom is -0.507 e. The van der Waals surface area contributed by atoms with Gasteiger partial charge in [-0.2, -0.15) is 0 Å². The summed E-state index contributed by atoms with van der Waals surface area (Å²) < 4.78 is 15.8. The van der Waals surface area contributed by atoms with E-state index in [1.807, 2.05) is 0 Å². The molecule has 0 saturated carbocycles. The summed E-state index contributed by atoms with van der Waals surface area (Å²) in [7, 11) is 2.94. The number of ketones is 1. The van der Waals surface area contributed by atoms with Crippen LogP contribution in [0, 0.1) is 0 Å². The zero-order chi connectivity index (χ0) is 16.0. The largest absolute Gasteiger partial charge is 0.507 e. The molecule has 1 aliphatic rings. The number of aromatic hydroxyl groups is 2. The van der Waals surface area contributed by atoms with Crippen LogP contribution in [0.1, 0.15) is 22.8 Å². The summed E-state index contributed by atoms with van der Waals surface area (Å²) in [6.45, 7) is 1.66. The molecule has 1 unspecified atom stereocenters. The molecule has 1 atom stereocenters. The van der Waals surface area contributed by atoms with E-state index in [0.717, 1.165) is 0 Å². The highest BCUT2D eigenvalue weighted by atomic mass is 16.5. The zero-order valence-electron chi connectivity index (χ0n) is 12.5. The van der Waals surface area contributed by atoms with Crippen LogP contribution in [0.15, 0.2) is 12.1 Å². The first-order chi connectivity index (χ1) is 10.5. The summed E-state index contributed by atoms with van der Waals surface area (Å²) in [6.07, 6.45) is -0.664. The van der Waals surface area contributed by atoms with E-state index in [9.17, 15) is 15.0 Å². The standard InChI is InChI=1S/C16H16O6/c1-7-14(17)13-10(6-22-7)16(19)12-9(15(13)18)4-8(20-2)5-11(12)21-3/h4-5,7,18-19H,6H2,1-3H3. The van der Waals surface area contributed by atoms with Crippen molar-refractivity contribution in [2.24, 2.45) is 0 Å². The van der Waals surface area contributed by atoms with E-state index in [-0.39, 0.29) is 35.0 Å². The molecule has 0 radical (unpaired) electrons. The maximum atomic E-state index is 12.3. The SMILES string of the molecule is COc1cc(OC)c2c(O)c3c(c(O)c2c1)C(=O)C(C)OC3. The maximum Gasteiger partial charge on any atom is 0.195 e. The summed E-state index contributed by atoms with van der Waals surface area (Å²) >= 11 is 0. The lowest BCUT2D eigenvalue weighted by molar-refractivity contribution is 0.0325. The molecule has 6 heteroatoms. The van der Waals surface area contributed by atoms with Crippen molar-refractivity contribution >= 4 is 16.6 Å². The summed E-state index contributed by atoms with van der Waals surface area (Å²) in [6, 6.07) is 3.16. The second-order valence-electron chi connectivity index (χ2n) is 5.12. The van der Waals surface area contributed by atoms with Crippen molar-refractivity contribution in [2.45, 2.75) is 19.6 Å². The highest BCUT2D eigenvalue weighted by molar-refractivity contribution is 6.12. The van der Waals surface area contributed by atoms with E-state index in [1.165, 1.54) is 14.2 Å². The summed E-state index contributed by atoms with van der Waals surface area (Å²) in [4.78, 5) is 12.3. The van der Waals surface area contributed by atoms with Crippen molar-refractivity contribution in [3.8, 4) is 23.0 Å². The number of methoxy groups -OCH3 is 2. The van der Waals surface area contributed by atoms with E-state index >= 15 is 0 Å². The smallest absolute Gasteiger partial charge is 0.195 e. The van der Waals surface area contributed by atoms with Crippen molar-refractivity contribution in [2.75, 3.05) is 14.2 Å². The fourth-order valence-corrected chi connectivity index (χ4v) is 2.74. The Balaban J connectivity index is 2.45. The molecule has 1 heterocycles. The first-order valence-electron chi connectivity index (χ1n) is 6.77. The van der Waals surface area contributed by atoms with Crippen LogP contribution in [0.3, 0.4) is 0 Å². The molecule has 0 aliphatic carbocycles. The quantitative estimate of drug-likeness (QED) is 0.829. The molecule has 0 fully saturated rings. The molecule has 116 valence electrons. The molecule has 1 aliphatic heterocycles. The fraction of sp³-hybridized carbons (Fsp3) is 0.312. The first kappa shape index (κ1) is 14.5. The Kier molecular flexibility index (Phi) is 3.33. The van der Waals surface area contributed by atoms with Crippen LogP contribution in [-0.2, 0) is 11.3 Å². The Hall–Kier alpha value is -2.47. The van der Waals surface area contributed by atoms with Crippen molar-refractivity contribution in [3.63, 3.8) is 0 Å². The Bertz CT molecular complexity index is 780.